The van der Waals surface area contributed by atoms with Crippen LogP contribution in [-0.4, -0.2) is 43.6 Å². The number of esters is 3. The maximum absolute atomic E-state index is 13.4. The minimum atomic E-state index is -2.02. The van der Waals surface area contributed by atoms with Gasteiger partial charge >= 0.3 is 17.9 Å². The van der Waals surface area contributed by atoms with Gasteiger partial charge in [0.15, 0.2) is 5.41 Å². The third-order valence-electron chi connectivity index (χ3n) is 5.07. The summed E-state index contributed by atoms with van der Waals surface area (Å²) in [6.45, 7) is 4.26. The van der Waals surface area contributed by atoms with E-state index < -0.39 is 29.2 Å². The number of para-hydroxylation sites is 1. The molecule has 4 N–H and O–H groups in total. The van der Waals surface area contributed by atoms with Gasteiger partial charge in [-0.1, -0.05) is 18.2 Å². The Morgan fingerprint density at radius 2 is 1.65 bits per heavy atom. The second kappa shape index (κ2) is 8.13. The summed E-state index contributed by atoms with van der Waals surface area (Å²) in [5.41, 5.74) is 9.73. The Morgan fingerprint density at radius 3 is 2.23 bits per heavy atom. The highest BCUT2D eigenvalue weighted by Gasteiger charge is 2.63. The fourth-order valence-electron chi connectivity index (χ4n) is 4.01. The van der Waals surface area contributed by atoms with Crippen molar-refractivity contribution in [3.8, 4) is 0 Å². The van der Waals surface area contributed by atoms with Crippen LogP contribution in [0, 0.1) is 0 Å². The van der Waals surface area contributed by atoms with Gasteiger partial charge < -0.3 is 30.6 Å². The lowest BCUT2D eigenvalue weighted by Gasteiger charge is -2.40. The molecule has 31 heavy (non-hydrogen) atoms. The van der Waals surface area contributed by atoms with Gasteiger partial charge in [-0.3, -0.25) is 4.79 Å². The lowest BCUT2D eigenvalue weighted by atomic mass is 9.66. The number of fused-ring (bicyclic) bond motifs is 2. The Kier molecular flexibility index (Phi) is 5.74. The first kappa shape index (κ1) is 21.9. The number of amides is 1. The van der Waals surface area contributed by atoms with Crippen LogP contribution in [0.3, 0.4) is 0 Å². The third-order valence-corrected chi connectivity index (χ3v) is 5.07. The number of anilines is 1. The largest absolute Gasteiger partial charge is 0.462 e. The third kappa shape index (κ3) is 3.20. The zero-order chi connectivity index (χ0) is 22.9. The maximum atomic E-state index is 13.4. The van der Waals surface area contributed by atoms with E-state index in [0.717, 1.165) is 0 Å². The van der Waals surface area contributed by atoms with Crippen LogP contribution in [0.25, 0.3) is 0 Å². The molecule has 0 saturated heterocycles. The highest BCUT2D eigenvalue weighted by Crippen LogP contribution is 2.54. The quantitative estimate of drug-likeness (QED) is 0.482. The molecule has 0 aliphatic carbocycles. The monoisotopic (exact) mass is 429 g/mol. The van der Waals surface area contributed by atoms with Crippen molar-refractivity contribution < 1.29 is 33.4 Å². The van der Waals surface area contributed by atoms with E-state index >= 15 is 0 Å². The number of carbonyl (C=O) groups excluding carboxylic acids is 4. The van der Waals surface area contributed by atoms with Crippen LogP contribution in [0.5, 0.6) is 0 Å². The van der Waals surface area contributed by atoms with Gasteiger partial charge in [0.05, 0.1) is 13.2 Å². The molecule has 1 aromatic rings. The van der Waals surface area contributed by atoms with Crippen LogP contribution in [0.1, 0.15) is 26.3 Å². The first-order valence-corrected chi connectivity index (χ1v) is 9.65. The molecular formula is C21H23N3O7. The van der Waals surface area contributed by atoms with Crippen molar-refractivity contribution in [2.75, 3.05) is 24.7 Å². The lowest BCUT2D eigenvalue weighted by molar-refractivity contribution is -0.147. The second-order valence-corrected chi connectivity index (χ2v) is 6.84. The number of ether oxygens (including phenoxy) is 3. The van der Waals surface area contributed by atoms with Gasteiger partial charge in [-0.25, -0.2) is 14.4 Å². The molecule has 1 aromatic carbocycles. The molecule has 1 atom stereocenters. The zero-order valence-corrected chi connectivity index (χ0v) is 17.4. The number of primary amides is 1. The van der Waals surface area contributed by atoms with Gasteiger partial charge in [-0.05, 0) is 26.8 Å². The molecule has 0 bridgehead atoms. The number of allylic oxidation sites excluding steroid dienone is 1. The summed E-state index contributed by atoms with van der Waals surface area (Å²) in [6.07, 6.45) is 0. The molecule has 0 radical (unpaired) electrons. The highest BCUT2D eigenvalue weighted by molar-refractivity contribution is 6.16. The summed E-state index contributed by atoms with van der Waals surface area (Å²) in [5.74, 6) is -3.65. The fraction of sp³-hybridized carbons (Fsp3) is 0.333. The molecular weight excluding hydrogens is 406 g/mol. The van der Waals surface area contributed by atoms with E-state index in [4.69, 9.17) is 25.7 Å². The van der Waals surface area contributed by atoms with E-state index in [-0.39, 0.29) is 48.0 Å². The van der Waals surface area contributed by atoms with Crippen LogP contribution in [-0.2, 0) is 38.8 Å². The van der Waals surface area contributed by atoms with Crippen LogP contribution < -0.4 is 16.4 Å². The van der Waals surface area contributed by atoms with E-state index in [1.807, 2.05) is 0 Å². The molecule has 10 nitrogen and oxygen atoms in total. The average Bonchev–Trinajstić information content (AvgIpc) is 2.96. The molecule has 2 heterocycles. The Labute approximate surface area is 178 Å². The molecule has 164 valence electrons. The minimum Gasteiger partial charge on any atom is -0.462 e. The van der Waals surface area contributed by atoms with Gasteiger partial charge in [0.25, 0.3) is 0 Å². The molecule has 2 aliphatic heterocycles. The van der Waals surface area contributed by atoms with E-state index in [0.29, 0.717) is 5.69 Å². The normalized spacial score (nSPS) is 20.0. The van der Waals surface area contributed by atoms with Crippen molar-refractivity contribution in [1.82, 2.24) is 0 Å². The van der Waals surface area contributed by atoms with Gasteiger partial charge in [0, 0.05) is 11.3 Å². The van der Waals surface area contributed by atoms with E-state index in [1.54, 1.807) is 38.1 Å². The van der Waals surface area contributed by atoms with Gasteiger partial charge in [0.2, 0.25) is 5.91 Å². The molecule has 2 aliphatic rings. The molecule has 0 unspecified atom stereocenters. The number of nitrogens with two attached hydrogens (primary N) is 2. The molecule has 10 heteroatoms. The van der Waals surface area contributed by atoms with Gasteiger partial charge in [-0.15, -0.1) is 0 Å². The Morgan fingerprint density at radius 1 is 1.06 bits per heavy atom. The van der Waals surface area contributed by atoms with Crippen molar-refractivity contribution in [2.45, 2.75) is 26.2 Å². The summed E-state index contributed by atoms with van der Waals surface area (Å²) >= 11 is 0. The molecule has 1 amide bonds. The second-order valence-electron chi connectivity index (χ2n) is 6.84. The van der Waals surface area contributed by atoms with Crippen molar-refractivity contribution in [3.05, 3.63) is 52.6 Å². The van der Waals surface area contributed by atoms with Crippen molar-refractivity contribution in [3.63, 3.8) is 0 Å². The predicted octanol–water partition coefficient (Wildman–Crippen LogP) is 0.357. The molecule has 0 aromatic heterocycles. The SMILES string of the molecule is CCOC(=O)C1=C(C)OC(=O)[C@]12C(C(=O)OCC)=C(N)N(CC(N)=O)c1ccccc12. The van der Waals surface area contributed by atoms with Crippen LogP contribution in [0.4, 0.5) is 5.69 Å². The summed E-state index contributed by atoms with van der Waals surface area (Å²) < 4.78 is 15.7. The van der Waals surface area contributed by atoms with Gasteiger partial charge in [-0.2, -0.15) is 0 Å². The first-order chi connectivity index (χ1) is 14.7. The number of nitrogens with zero attached hydrogens (tertiary/aromatic N) is 1. The highest BCUT2D eigenvalue weighted by atomic mass is 16.6. The number of rotatable bonds is 6. The van der Waals surface area contributed by atoms with Crippen molar-refractivity contribution in [1.29, 1.82) is 0 Å². The van der Waals surface area contributed by atoms with Crippen LogP contribution >= 0.6 is 0 Å². The van der Waals surface area contributed by atoms with E-state index in [1.165, 1.54) is 11.8 Å². The predicted molar refractivity (Wildman–Crippen MR) is 108 cm³/mol. The molecule has 0 saturated carbocycles. The summed E-state index contributed by atoms with van der Waals surface area (Å²) in [6, 6.07) is 6.42. The average molecular weight is 429 g/mol. The standard InChI is InChI=1S/C21H23N3O7/c1-4-29-18(26)15-11(3)31-20(28)21(15)12-8-6-7-9-13(12)24(10-14(22)25)17(23)16(21)19(27)30-5-2/h6-9H,4-5,10,23H2,1-3H3,(H2,22,25)/t21-/m0/s1. The van der Waals surface area contributed by atoms with Crippen LogP contribution in [0.15, 0.2) is 47.0 Å². The molecule has 0 fully saturated rings. The van der Waals surface area contributed by atoms with E-state index in [9.17, 15) is 19.2 Å². The number of carbonyl (C=O) groups is 4. The first-order valence-electron chi connectivity index (χ1n) is 9.65. The number of hydrogen-bond acceptors (Lipinski definition) is 9. The Bertz CT molecular complexity index is 1040. The maximum Gasteiger partial charge on any atom is 0.339 e. The van der Waals surface area contributed by atoms with Gasteiger partial charge in [0.1, 0.15) is 29.3 Å². The lowest BCUT2D eigenvalue weighted by Crippen LogP contribution is -2.52. The smallest absolute Gasteiger partial charge is 0.339 e. The topological polar surface area (TPSA) is 151 Å². The number of hydrogen-bond donors (Lipinski definition) is 2. The van der Waals surface area contributed by atoms with Crippen LogP contribution in [0.2, 0.25) is 0 Å². The zero-order valence-electron chi connectivity index (χ0n) is 17.4. The summed E-state index contributed by atoms with van der Waals surface area (Å²) in [7, 11) is 0. The number of cyclic esters (lactones) is 1. The molecule has 3 rings (SSSR count). The number of benzene rings is 1. The minimum absolute atomic E-state index is 0.0174. The Hall–Kier alpha value is -3.82. The summed E-state index contributed by atoms with van der Waals surface area (Å²) in [4.78, 5) is 52.4. The summed E-state index contributed by atoms with van der Waals surface area (Å²) in [5, 5.41) is 0. The fourth-order valence-corrected chi connectivity index (χ4v) is 4.01. The van der Waals surface area contributed by atoms with E-state index in [2.05, 4.69) is 0 Å². The van der Waals surface area contributed by atoms with Crippen molar-refractivity contribution in [2.24, 2.45) is 11.5 Å². The van der Waals surface area contributed by atoms with Crippen molar-refractivity contribution >= 4 is 29.5 Å². The molecule has 1 spiro atoms. The Balaban J connectivity index is 2.44.